The number of hydrogen-bond acceptors (Lipinski definition) is 2. The van der Waals surface area contributed by atoms with E-state index in [9.17, 15) is 18.4 Å². The standard InChI is InChI=1S/C17H19F2NO3/c1-9(17(22)23)8-20(10-5-6-10)16(21)12-7-11(12)15-13(18)3-2-4-14(15)19/h2-4,9-12H,5-8H2,1H3,(H,22,23)/t9-,11+,12+/m1/s1. The molecule has 1 amide bonds. The fourth-order valence-corrected chi connectivity index (χ4v) is 3.04. The molecule has 124 valence electrons. The van der Waals surface area contributed by atoms with Gasteiger partial charge in [0.25, 0.3) is 0 Å². The van der Waals surface area contributed by atoms with Crippen LogP contribution in [0.4, 0.5) is 8.78 Å². The molecule has 6 heteroatoms. The molecular formula is C17H19F2NO3. The first-order valence-electron chi connectivity index (χ1n) is 7.87. The predicted molar refractivity (Wildman–Crippen MR) is 78.7 cm³/mol. The monoisotopic (exact) mass is 323 g/mol. The van der Waals surface area contributed by atoms with Crippen LogP contribution >= 0.6 is 0 Å². The molecule has 2 aliphatic carbocycles. The van der Waals surface area contributed by atoms with E-state index in [0.717, 1.165) is 12.8 Å². The van der Waals surface area contributed by atoms with Crippen molar-refractivity contribution in [1.82, 2.24) is 4.90 Å². The van der Waals surface area contributed by atoms with E-state index in [0.29, 0.717) is 6.42 Å². The Balaban J connectivity index is 1.72. The van der Waals surface area contributed by atoms with Crippen LogP contribution in [-0.2, 0) is 9.59 Å². The smallest absolute Gasteiger partial charge is 0.308 e. The predicted octanol–water partition coefficient (Wildman–Crippen LogP) is 2.78. The average Bonchev–Trinajstić information content (AvgIpc) is 3.36. The van der Waals surface area contributed by atoms with Crippen molar-refractivity contribution in [3.8, 4) is 0 Å². The van der Waals surface area contributed by atoms with Gasteiger partial charge in [0.15, 0.2) is 0 Å². The van der Waals surface area contributed by atoms with Gasteiger partial charge in [0.05, 0.1) is 5.92 Å². The van der Waals surface area contributed by atoms with Gasteiger partial charge in [0, 0.05) is 30.0 Å². The summed E-state index contributed by atoms with van der Waals surface area (Å²) >= 11 is 0. The number of amides is 1. The van der Waals surface area contributed by atoms with Crippen molar-refractivity contribution >= 4 is 11.9 Å². The first kappa shape index (κ1) is 15.9. The number of carboxylic acid groups (broad SMARTS) is 1. The molecular weight excluding hydrogens is 304 g/mol. The summed E-state index contributed by atoms with van der Waals surface area (Å²) in [4.78, 5) is 25.3. The molecule has 0 aliphatic heterocycles. The largest absolute Gasteiger partial charge is 0.481 e. The lowest BCUT2D eigenvalue weighted by Gasteiger charge is -2.24. The van der Waals surface area contributed by atoms with E-state index < -0.39 is 35.4 Å². The minimum atomic E-state index is -0.948. The first-order valence-corrected chi connectivity index (χ1v) is 7.87. The maximum atomic E-state index is 13.8. The van der Waals surface area contributed by atoms with E-state index >= 15 is 0 Å². The van der Waals surface area contributed by atoms with Gasteiger partial charge in [0.2, 0.25) is 5.91 Å². The second-order valence-corrected chi connectivity index (χ2v) is 6.55. The third-order valence-corrected chi connectivity index (χ3v) is 4.64. The van der Waals surface area contributed by atoms with Gasteiger partial charge >= 0.3 is 5.97 Å². The minimum Gasteiger partial charge on any atom is -0.481 e. The van der Waals surface area contributed by atoms with E-state index in [-0.39, 0.29) is 24.1 Å². The highest BCUT2D eigenvalue weighted by Crippen LogP contribution is 2.51. The summed E-state index contributed by atoms with van der Waals surface area (Å²) in [6, 6.07) is 3.78. The summed E-state index contributed by atoms with van der Waals surface area (Å²) in [6.07, 6.45) is 2.15. The van der Waals surface area contributed by atoms with Crippen LogP contribution in [-0.4, -0.2) is 34.5 Å². The molecule has 1 N–H and O–H groups in total. The molecule has 3 atom stereocenters. The number of benzene rings is 1. The summed E-state index contributed by atoms with van der Waals surface area (Å²) in [7, 11) is 0. The highest BCUT2D eigenvalue weighted by molar-refractivity contribution is 5.84. The lowest BCUT2D eigenvalue weighted by atomic mass is 10.1. The Morgan fingerprint density at radius 3 is 2.43 bits per heavy atom. The SMILES string of the molecule is C[C@H](CN(C(=O)[C@H]1C[C@@H]1c1c(F)cccc1F)C1CC1)C(=O)O. The van der Waals surface area contributed by atoms with E-state index in [1.807, 2.05) is 0 Å². The van der Waals surface area contributed by atoms with Crippen LogP contribution in [0.1, 0.15) is 37.7 Å². The van der Waals surface area contributed by atoms with Gasteiger partial charge in [-0.2, -0.15) is 0 Å². The van der Waals surface area contributed by atoms with E-state index in [2.05, 4.69) is 0 Å². The van der Waals surface area contributed by atoms with E-state index in [1.54, 1.807) is 11.8 Å². The fourth-order valence-electron chi connectivity index (χ4n) is 3.04. The molecule has 0 aromatic heterocycles. The minimum absolute atomic E-state index is 0.0205. The Bertz CT molecular complexity index is 624. The van der Waals surface area contributed by atoms with Gasteiger partial charge in [-0.25, -0.2) is 8.78 Å². The van der Waals surface area contributed by atoms with Crippen LogP contribution in [0.2, 0.25) is 0 Å². The molecule has 2 aliphatic rings. The Morgan fingerprint density at radius 1 is 1.30 bits per heavy atom. The first-order chi connectivity index (χ1) is 10.9. The Labute approximate surface area is 133 Å². The number of rotatable bonds is 6. The van der Waals surface area contributed by atoms with Gasteiger partial charge in [-0.3, -0.25) is 9.59 Å². The average molecular weight is 323 g/mol. The molecule has 2 fully saturated rings. The Morgan fingerprint density at radius 2 is 1.91 bits per heavy atom. The molecule has 0 spiro atoms. The topological polar surface area (TPSA) is 57.6 Å². The second-order valence-electron chi connectivity index (χ2n) is 6.55. The third-order valence-electron chi connectivity index (χ3n) is 4.64. The van der Waals surface area contributed by atoms with Crippen molar-refractivity contribution in [3.63, 3.8) is 0 Å². The number of hydrogen-bond donors (Lipinski definition) is 1. The van der Waals surface area contributed by atoms with Crippen LogP contribution in [0.25, 0.3) is 0 Å². The molecule has 0 radical (unpaired) electrons. The third kappa shape index (κ3) is 3.21. The summed E-state index contributed by atoms with van der Waals surface area (Å²) in [5.74, 6) is -3.90. The van der Waals surface area contributed by atoms with Crippen molar-refractivity contribution in [3.05, 3.63) is 35.4 Å². The highest BCUT2D eigenvalue weighted by Gasteiger charge is 2.50. The molecule has 0 heterocycles. The lowest BCUT2D eigenvalue weighted by molar-refractivity contribution is -0.143. The van der Waals surface area contributed by atoms with Crippen molar-refractivity contribution < 1.29 is 23.5 Å². The zero-order valence-electron chi connectivity index (χ0n) is 12.8. The van der Waals surface area contributed by atoms with Gasteiger partial charge in [-0.05, 0) is 31.4 Å². The number of nitrogens with zero attached hydrogens (tertiary/aromatic N) is 1. The summed E-state index contributed by atoms with van der Waals surface area (Å²) in [6.45, 7) is 1.72. The maximum Gasteiger partial charge on any atom is 0.308 e. The number of halogens is 2. The van der Waals surface area contributed by atoms with Crippen molar-refractivity contribution in [2.75, 3.05) is 6.54 Å². The quantitative estimate of drug-likeness (QED) is 0.876. The van der Waals surface area contributed by atoms with Gasteiger partial charge in [-0.15, -0.1) is 0 Å². The van der Waals surface area contributed by atoms with Crippen molar-refractivity contribution in [1.29, 1.82) is 0 Å². The zero-order chi connectivity index (χ0) is 16.7. The van der Waals surface area contributed by atoms with Crippen LogP contribution < -0.4 is 0 Å². The normalized spacial score (nSPS) is 24.1. The molecule has 1 aromatic rings. The van der Waals surface area contributed by atoms with Crippen LogP contribution in [0.3, 0.4) is 0 Å². The summed E-state index contributed by atoms with van der Waals surface area (Å²) < 4.78 is 27.6. The highest BCUT2D eigenvalue weighted by atomic mass is 19.1. The van der Waals surface area contributed by atoms with Gasteiger partial charge < -0.3 is 10.0 Å². The van der Waals surface area contributed by atoms with E-state index in [4.69, 9.17) is 5.11 Å². The van der Waals surface area contributed by atoms with Crippen LogP contribution in [0.15, 0.2) is 18.2 Å². The van der Waals surface area contributed by atoms with Crippen molar-refractivity contribution in [2.24, 2.45) is 11.8 Å². The second kappa shape index (κ2) is 5.91. The number of carbonyl (C=O) groups is 2. The molecule has 23 heavy (non-hydrogen) atoms. The van der Waals surface area contributed by atoms with Gasteiger partial charge in [-0.1, -0.05) is 13.0 Å². The number of carboxylic acids is 1. The molecule has 0 unspecified atom stereocenters. The summed E-state index contributed by atoms with van der Waals surface area (Å²) in [5.41, 5.74) is -0.0205. The molecule has 3 rings (SSSR count). The van der Waals surface area contributed by atoms with Crippen LogP contribution in [0, 0.1) is 23.5 Å². The van der Waals surface area contributed by atoms with Crippen molar-refractivity contribution in [2.45, 2.75) is 38.1 Å². The van der Waals surface area contributed by atoms with E-state index in [1.165, 1.54) is 18.2 Å². The number of carbonyl (C=O) groups excluding carboxylic acids is 1. The zero-order valence-corrected chi connectivity index (χ0v) is 12.8. The Hall–Kier alpha value is -1.98. The molecule has 1 aromatic carbocycles. The molecule has 2 saturated carbocycles. The van der Waals surface area contributed by atoms with Gasteiger partial charge in [0.1, 0.15) is 11.6 Å². The molecule has 0 saturated heterocycles. The number of aliphatic carboxylic acids is 1. The summed E-state index contributed by atoms with van der Waals surface area (Å²) in [5, 5.41) is 9.03. The maximum absolute atomic E-state index is 13.8. The lowest BCUT2D eigenvalue weighted by Crippen LogP contribution is -2.39. The van der Waals surface area contributed by atoms with Crippen LogP contribution in [0.5, 0.6) is 0 Å². The molecule has 4 nitrogen and oxygen atoms in total. The Kier molecular flexibility index (Phi) is 4.08. The fraction of sp³-hybridized carbons (Fsp3) is 0.529. The molecule has 0 bridgehead atoms.